The van der Waals surface area contributed by atoms with Crippen LogP contribution in [0.4, 0.5) is 5.69 Å². The minimum atomic E-state index is 0.361. The first kappa shape index (κ1) is 13.2. The second-order valence-corrected chi connectivity index (χ2v) is 7.45. The summed E-state index contributed by atoms with van der Waals surface area (Å²) in [4.78, 5) is 0. The number of anilines is 1. The quantitative estimate of drug-likeness (QED) is 0.671. The molecule has 0 amide bonds. The van der Waals surface area contributed by atoms with Crippen LogP contribution in [0, 0.1) is 0 Å². The average molecular weight is 300 g/mol. The normalized spacial score (nSPS) is 19.7. The molecular formula is C16H20N4S. The molecule has 2 saturated carbocycles. The molecule has 0 radical (unpaired) electrons. The molecule has 2 aliphatic carbocycles. The number of aromatic nitrogens is 3. The minimum Gasteiger partial charge on any atom is -0.399 e. The van der Waals surface area contributed by atoms with E-state index in [1.165, 1.54) is 37.1 Å². The van der Waals surface area contributed by atoms with E-state index in [1.54, 1.807) is 0 Å². The van der Waals surface area contributed by atoms with E-state index in [0.29, 0.717) is 17.2 Å². The van der Waals surface area contributed by atoms with E-state index in [0.717, 1.165) is 10.8 Å². The molecule has 1 heterocycles. The first-order valence-electron chi connectivity index (χ1n) is 7.69. The highest BCUT2D eigenvalue weighted by atomic mass is 32.2. The van der Waals surface area contributed by atoms with Crippen LogP contribution in [-0.4, -0.2) is 14.8 Å². The van der Waals surface area contributed by atoms with Crippen molar-refractivity contribution >= 4 is 17.4 Å². The fraction of sp³-hybridized carbons (Fsp3) is 0.500. The number of hydrogen-bond donors (Lipinski definition) is 1. The number of rotatable bonds is 5. The number of thioether (sulfide) groups is 1. The average Bonchev–Trinajstić information content (AvgIpc) is 3.39. The summed E-state index contributed by atoms with van der Waals surface area (Å²) in [6.07, 6.45) is 5.12. The largest absolute Gasteiger partial charge is 0.399 e. The van der Waals surface area contributed by atoms with Gasteiger partial charge in [-0.3, -0.25) is 0 Å². The lowest BCUT2D eigenvalue weighted by Crippen LogP contribution is -2.02. The van der Waals surface area contributed by atoms with Gasteiger partial charge in [0, 0.05) is 22.9 Å². The lowest BCUT2D eigenvalue weighted by Gasteiger charge is -2.13. The van der Waals surface area contributed by atoms with Gasteiger partial charge in [0.2, 0.25) is 0 Å². The summed E-state index contributed by atoms with van der Waals surface area (Å²) in [5, 5.41) is 10.4. The second kappa shape index (κ2) is 5.05. The van der Waals surface area contributed by atoms with Crippen molar-refractivity contribution in [3.63, 3.8) is 0 Å². The molecule has 4 nitrogen and oxygen atoms in total. The van der Waals surface area contributed by atoms with Gasteiger partial charge in [-0.05, 0) is 50.3 Å². The van der Waals surface area contributed by atoms with Gasteiger partial charge in [0.1, 0.15) is 5.82 Å². The van der Waals surface area contributed by atoms with Crippen LogP contribution < -0.4 is 5.73 Å². The third kappa shape index (κ3) is 2.67. The van der Waals surface area contributed by atoms with Crippen LogP contribution in [-0.2, 0) is 0 Å². The van der Waals surface area contributed by atoms with Gasteiger partial charge < -0.3 is 10.3 Å². The van der Waals surface area contributed by atoms with Gasteiger partial charge in [-0.2, -0.15) is 0 Å². The Morgan fingerprint density at radius 1 is 1.14 bits per heavy atom. The van der Waals surface area contributed by atoms with Gasteiger partial charge in [-0.25, -0.2) is 0 Å². The lowest BCUT2D eigenvalue weighted by molar-refractivity contribution is 0.626. The summed E-state index contributed by atoms with van der Waals surface area (Å²) in [6.45, 7) is 2.22. The molecule has 2 aromatic rings. The van der Waals surface area contributed by atoms with Crippen LogP contribution in [0.5, 0.6) is 0 Å². The Morgan fingerprint density at radius 3 is 2.48 bits per heavy atom. The molecule has 0 bridgehead atoms. The highest BCUT2D eigenvalue weighted by Crippen LogP contribution is 2.47. The number of hydrogen-bond acceptors (Lipinski definition) is 4. The monoisotopic (exact) mass is 300 g/mol. The van der Waals surface area contributed by atoms with Crippen molar-refractivity contribution in [2.24, 2.45) is 0 Å². The Kier molecular flexibility index (Phi) is 3.17. The maximum atomic E-state index is 5.76. The molecule has 0 spiro atoms. The van der Waals surface area contributed by atoms with Gasteiger partial charge in [0.25, 0.3) is 0 Å². The van der Waals surface area contributed by atoms with E-state index in [4.69, 9.17) is 5.73 Å². The van der Waals surface area contributed by atoms with Crippen LogP contribution in [0.2, 0.25) is 0 Å². The summed E-state index contributed by atoms with van der Waals surface area (Å²) >= 11 is 1.81. The Hall–Kier alpha value is -1.49. The number of benzene rings is 1. The maximum Gasteiger partial charge on any atom is 0.192 e. The molecule has 1 aromatic carbocycles. The van der Waals surface area contributed by atoms with E-state index in [2.05, 4.69) is 33.8 Å². The highest BCUT2D eigenvalue weighted by molar-refractivity contribution is 7.99. The molecule has 110 valence electrons. The summed E-state index contributed by atoms with van der Waals surface area (Å²) in [7, 11) is 0. The third-order valence-electron chi connectivity index (χ3n) is 4.23. The minimum absolute atomic E-state index is 0.361. The van der Waals surface area contributed by atoms with Crippen molar-refractivity contribution in [2.75, 3.05) is 5.73 Å². The van der Waals surface area contributed by atoms with Crippen molar-refractivity contribution in [1.29, 1.82) is 0 Å². The summed E-state index contributed by atoms with van der Waals surface area (Å²) in [6, 6.07) is 8.79. The molecule has 1 aromatic heterocycles. The molecule has 0 saturated heterocycles. The van der Waals surface area contributed by atoms with E-state index < -0.39 is 0 Å². The third-order valence-corrected chi connectivity index (χ3v) is 5.35. The standard InChI is InChI=1S/C16H20N4S/c1-10(11-4-6-13(17)7-5-11)21-16-19-18-15(12-2-3-12)20(16)14-8-9-14/h4-7,10,12,14H,2-3,8-9,17H2,1H3. The van der Waals surface area contributed by atoms with Gasteiger partial charge in [-0.1, -0.05) is 23.9 Å². The first-order valence-corrected chi connectivity index (χ1v) is 8.57. The van der Waals surface area contributed by atoms with Crippen LogP contribution in [0.15, 0.2) is 29.4 Å². The van der Waals surface area contributed by atoms with Crippen LogP contribution >= 0.6 is 11.8 Å². The van der Waals surface area contributed by atoms with Gasteiger partial charge >= 0.3 is 0 Å². The van der Waals surface area contributed by atoms with Gasteiger partial charge in [0.05, 0.1) is 0 Å². The van der Waals surface area contributed by atoms with Crippen molar-refractivity contribution in [2.45, 2.75) is 55.0 Å². The van der Waals surface area contributed by atoms with Crippen LogP contribution in [0.25, 0.3) is 0 Å². The number of nitrogens with two attached hydrogens (primary N) is 1. The predicted octanol–water partition coefficient (Wildman–Crippen LogP) is 3.93. The number of nitrogens with zero attached hydrogens (tertiary/aromatic N) is 3. The molecule has 2 N–H and O–H groups in total. The fourth-order valence-electron chi connectivity index (χ4n) is 2.66. The molecule has 4 rings (SSSR count). The van der Waals surface area contributed by atoms with E-state index in [-0.39, 0.29) is 0 Å². The molecule has 0 aliphatic heterocycles. The molecular weight excluding hydrogens is 280 g/mol. The molecule has 21 heavy (non-hydrogen) atoms. The van der Waals surface area contributed by atoms with E-state index in [1.807, 2.05) is 23.9 Å². The number of nitrogen functional groups attached to an aromatic ring is 1. The Balaban J connectivity index is 1.57. The second-order valence-electron chi connectivity index (χ2n) is 6.14. The van der Waals surface area contributed by atoms with Crippen molar-refractivity contribution in [3.05, 3.63) is 35.7 Å². The predicted molar refractivity (Wildman–Crippen MR) is 85.4 cm³/mol. The van der Waals surface area contributed by atoms with Crippen molar-refractivity contribution in [3.8, 4) is 0 Å². The van der Waals surface area contributed by atoms with E-state index in [9.17, 15) is 0 Å². The maximum absolute atomic E-state index is 5.76. The molecule has 2 aliphatic rings. The van der Waals surface area contributed by atoms with Crippen molar-refractivity contribution < 1.29 is 0 Å². The Labute approximate surface area is 129 Å². The zero-order chi connectivity index (χ0) is 14.4. The van der Waals surface area contributed by atoms with Crippen LogP contribution in [0.1, 0.15) is 61.2 Å². The van der Waals surface area contributed by atoms with Gasteiger partial charge in [0.15, 0.2) is 5.16 Å². The first-order chi connectivity index (χ1) is 10.2. The molecule has 1 atom stereocenters. The Bertz CT molecular complexity index is 641. The van der Waals surface area contributed by atoms with Gasteiger partial charge in [-0.15, -0.1) is 10.2 Å². The molecule has 2 fully saturated rings. The zero-order valence-corrected chi connectivity index (χ0v) is 13.0. The van der Waals surface area contributed by atoms with Crippen LogP contribution in [0.3, 0.4) is 0 Å². The molecule has 1 unspecified atom stereocenters. The smallest absolute Gasteiger partial charge is 0.192 e. The summed E-state index contributed by atoms with van der Waals surface area (Å²) in [5.74, 6) is 1.89. The summed E-state index contributed by atoms with van der Waals surface area (Å²) in [5.41, 5.74) is 7.86. The topological polar surface area (TPSA) is 56.7 Å². The summed E-state index contributed by atoms with van der Waals surface area (Å²) < 4.78 is 2.41. The SMILES string of the molecule is CC(Sc1nnc(C2CC2)n1C1CC1)c1ccc(N)cc1. The lowest BCUT2D eigenvalue weighted by atomic mass is 10.1. The molecule has 5 heteroatoms. The van der Waals surface area contributed by atoms with E-state index >= 15 is 0 Å². The Morgan fingerprint density at radius 2 is 1.86 bits per heavy atom. The zero-order valence-electron chi connectivity index (χ0n) is 12.2. The van der Waals surface area contributed by atoms with Crippen molar-refractivity contribution in [1.82, 2.24) is 14.8 Å². The fourth-order valence-corrected chi connectivity index (χ4v) is 3.71. The highest BCUT2D eigenvalue weighted by Gasteiger charge is 2.36.